The van der Waals surface area contributed by atoms with Gasteiger partial charge in [-0.25, -0.2) is 0 Å². The number of ether oxygens (including phenoxy) is 1. The number of rotatable bonds is 8. The Bertz CT molecular complexity index is 330. The lowest BCUT2D eigenvalue weighted by Crippen LogP contribution is -2.21. The van der Waals surface area contributed by atoms with E-state index in [4.69, 9.17) is 4.74 Å². The van der Waals surface area contributed by atoms with Crippen LogP contribution in [0.5, 0.6) is 5.75 Å². The van der Waals surface area contributed by atoms with Crippen molar-refractivity contribution in [1.29, 1.82) is 0 Å². The molecule has 0 spiro atoms. The molecule has 0 unspecified atom stereocenters. The second-order valence-electron chi connectivity index (χ2n) is 4.07. The van der Waals surface area contributed by atoms with Crippen molar-refractivity contribution in [2.75, 3.05) is 6.61 Å². The summed E-state index contributed by atoms with van der Waals surface area (Å²) < 4.78 is 5.51. The predicted octanol–water partition coefficient (Wildman–Crippen LogP) is 2.40. The van der Waals surface area contributed by atoms with Crippen molar-refractivity contribution in [3.63, 3.8) is 0 Å². The maximum atomic E-state index is 10.5. The molecule has 0 saturated carbocycles. The Labute approximate surface area is 102 Å². The highest BCUT2D eigenvalue weighted by atomic mass is 16.5. The number of aromatic carboxylic acids is 1. The summed E-state index contributed by atoms with van der Waals surface area (Å²) >= 11 is 0. The average Bonchev–Trinajstić information content (AvgIpc) is 2.34. The summed E-state index contributed by atoms with van der Waals surface area (Å²) in [6.07, 6.45) is 6.00. The fraction of sp³-hybridized carbons (Fsp3) is 0.500. The van der Waals surface area contributed by atoms with Gasteiger partial charge in [0.15, 0.2) is 0 Å². The molecule has 0 fully saturated rings. The van der Waals surface area contributed by atoms with Crippen LogP contribution in [0.1, 0.15) is 49.4 Å². The third kappa shape index (κ3) is 5.38. The molecule has 1 aromatic rings. The highest BCUT2D eigenvalue weighted by Crippen LogP contribution is 2.12. The summed E-state index contributed by atoms with van der Waals surface area (Å²) in [6, 6.07) is 6.33. The molecule has 94 valence electrons. The first kappa shape index (κ1) is 13.6. The number of carboxylic acid groups (broad SMARTS) is 1. The van der Waals surface area contributed by atoms with E-state index in [2.05, 4.69) is 6.92 Å². The third-order valence-electron chi connectivity index (χ3n) is 2.61. The Balaban J connectivity index is 2.21. The largest absolute Gasteiger partial charge is 0.545 e. The first-order valence-corrected chi connectivity index (χ1v) is 6.18. The van der Waals surface area contributed by atoms with E-state index in [0.29, 0.717) is 12.4 Å². The molecule has 17 heavy (non-hydrogen) atoms. The van der Waals surface area contributed by atoms with Crippen LogP contribution in [0.4, 0.5) is 0 Å². The zero-order chi connectivity index (χ0) is 12.5. The van der Waals surface area contributed by atoms with E-state index in [1.165, 1.54) is 37.8 Å². The first-order chi connectivity index (χ1) is 8.24. The molecule has 0 aromatic heterocycles. The maximum Gasteiger partial charge on any atom is 0.119 e. The monoisotopic (exact) mass is 235 g/mol. The number of hydrogen-bond donors (Lipinski definition) is 0. The molecule has 3 nitrogen and oxygen atoms in total. The van der Waals surface area contributed by atoms with Gasteiger partial charge in [-0.3, -0.25) is 0 Å². The van der Waals surface area contributed by atoms with E-state index < -0.39 is 5.97 Å². The number of unbranched alkanes of at least 4 members (excludes halogenated alkanes) is 4. The Hall–Kier alpha value is -1.51. The van der Waals surface area contributed by atoms with Gasteiger partial charge >= 0.3 is 0 Å². The van der Waals surface area contributed by atoms with Gasteiger partial charge in [-0.2, -0.15) is 0 Å². The molecule has 0 aliphatic heterocycles. The standard InChI is InChI=1S/C14H20O3/c1-2-3-4-5-6-11-17-13-9-7-12(8-10-13)14(15)16/h7-10H,2-6,11H2,1H3,(H,15,16)/p-1. The zero-order valence-corrected chi connectivity index (χ0v) is 10.3. The van der Waals surface area contributed by atoms with E-state index in [1.807, 2.05) is 0 Å². The predicted molar refractivity (Wildman–Crippen MR) is 65.0 cm³/mol. The minimum atomic E-state index is -1.16. The van der Waals surface area contributed by atoms with E-state index in [0.717, 1.165) is 6.42 Å². The number of carbonyl (C=O) groups excluding carboxylic acids is 1. The summed E-state index contributed by atoms with van der Waals surface area (Å²) in [5, 5.41) is 10.5. The van der Waals surface area contributed by atoms with Gasteiger partial charge in [0, 0.05) is 0 Å². The van der Waals surface area contributed by atoms with Crippen molar-refractivity contribution in [1.82, 2.24) is 0 Å². The van der Waals surface area contributed by atoms with Crippen LogP contribution in [-0.4, -0.2) is 12.6 Å². The van der Waals surface area contributed by atoms with Crippen molar-refractivity contribution in [2.45, 2.75) is 39.0 Å². The summed E-state index contributed by atoms with van der Waals surface area (Å²) in [6.45, 7) is 2.88. The van der Waals surface area contributed by atoms with Crippen LogP contribution < -0.4 is 9.84 Å². The molecule has 0 aliphatic rings. The van der Waals surface area contributed by atoms with E-state index in [9.17, 15) is 9.90 Å². The first-order valence-electron chi connectivity index (χ1n) is 6.18. The van der Waals surface area contributed by atoms with Crippen LogP contribution in [0, 0.1) is 0 Å². The topological polar surface area (TPSA) is 49.4 Å². The molecule has 0 amide bonds. The fourth-order valence-electron chi connectivity index (χ4n) is 1.58. The molecule has 0 bridgehead atoms. The van der Waals surface area contributed by atoms with Crippen molar-refractivity contribution < 1.29 is 14.6 Å². The minimum Gasteiger partial charge on any atom is -0.545 e. The Morgan fingerprint density at radius 3 is 2.35 bits per heavy atom. The fourth-order valence-corrected chi connectivity index (χ4v) is 1.58. The zero-order valence-electron chi connectivity index (χ0n) is 10.3. The molecule has 0 atom stereocenters. The maximum absolute atomic E-state index is 10.5. The Morgan fingerprint density at radius 1 is 1.12 bits per heavy atom. The molecule has 0 saturated heterocycles. The van der Waals surface area contributed by atoms with Gasteiger partial charge in [0.1, 0.15) is 5.75 Å². The van der Waals surface area contributed by atoms with Crippen molar-refractivity contribution in [3.8, 4) is 5.75 Å². The van der Waals surface area contributed by atoms with Crippen LogP contribution in [0.2, 0.25) is 0 Å². The van der Waals surface area contributed by atoms with E-state index in [1.54, 1.807) is 12.1 Å². The summed E-state index contributed by atoms with van der Waals surface area (Å²) in [5.74, 6) is -0.443. The van der Waals surface area contributed by atoms with Crippen LogP contribution in [0.3, 0.4) is 0 Å². The number of benzene rings is 1. The Kier molecular flexibility index (Phi) is 6.15. The lowest BCUT2D eigenvalue weighted by atomic mass is 10.2. The smallest absolute Gasteiger partial charge is 0.119 e. The van der Waals surface area contributed by atoms with Crippen molar-refractivity contribution in [3.05, 3.63) is 29.8 Å². The van der Waals surface area contributed by atoms with Gasteiger partial charge in [-0.1, -0.05) is 32.6 Å². The highest BCUT2D eigenvalue weighted by Gasteiger charge is 1.96. The molecule has 0 heterocycles. The minimum absolute atomic E-state index is 0.181. The van der Waals surface area contributed by atoms with E-state index >= 15 is 0 Å². The van der Waals surface area contributed by atoms with Gasteiger partial charge in [0.2, 0.25) is 0 Å². The molecule has 0 N–H and O–H groups in total. The van der Waals surface area contributed by atoms with Crippen molar-refractivity contribution >= 4 is 5.97 Å². The molecular weight excluding hydrogens is 216 g/mol. The van der Waals surface area contributed by atoms with Gasteiger partial charge in [-0.15, -0.1) is 0 Å². The average molecular weight is 235 g/mol. The van der Waals surface area contributed by atoms with Gasteiger partial charge in [0.25, 0.3) is 0 Å². The quantitative estimate of drug-likeness (QED) is 0.650. The molecule has 1 aromatic carbocycles. The second kappa shape index (κ2) is 7.71. The van der Waals surface area contributed by atoms with Crippen LogP contribution >= 0.6 is 0 Å². The van der Waals surface area contributed by atoms with Gasteiger partial charge in [0.05, 0.1) is 12.6 Å². The van der Waals surface area contributed by atoms with E-state index in [-0.39, 0.29) is 5.56 Å². The summed E-state index contributed by atoms with van der Waals surface area (Å²) in [4.78, 5) is 10.5. The van der Waals surface area contributed by atoms with Crippen LogP contribution in [0.25, 0.3) is 0 Å². The lowest BCUT2D eigenvalue weighted by molar-refractivity contribution is -0.255. The van der Waals surface area contributed by atoms with Crippen LogP contribution in [0.15, 0.2) is 24.3 Å². The lowest BCUT2D eigenvalue weighted by Gasteiger charge is -2.07. The van der Waals surface area contributed by atoms with Gasteiger partial charge < -0.3 is 14.6 Å². The molecular formula is C14H19O3-. The molecule has 3 heteroatoms. The number of hydrogen-bond acceptors (Lipinski definition) is 3. The normalized spacial score (nSPS) is 10.2. The molecule has 0 radical (unpaired) electrons. The Morgan fingerprint density at radius 2 is 1.76 bits per heavy atom. The second-order valence-corrected chi connectivity index (χ2v) is 4.07. The summed E-state index contributed by atoms with van der Waals surface area (Å²) in [5.41, 5.74) is 0.181. The number of carbonyl (C=O) groups is 1. The molecule has 0 aliphatic carbocycles. The number of carboxylic acids is 1. The SMILES string of the molecule is CCCCCCCOc1ccc(C(=O)[O-])cc1. The van der Waals surface area contributed by atoms with Crippen LogP contribution in [-0.2, 0) is 0 Å². The van der Waals surface area contributed by atoms with Gasteiger partial charge in [-0.05, 0) is 36.2 Å². The third-order valence-corrected chi connectivity index (χ3v) is 2.61. The van der Waals surface area contributed by atoms with Crippen molar-refractivity contribution in [2.24, 2.45) is 0 Å². The highest BCUT2D eigenvalue weighted by molar-refractivity contribution is 5.85. The summed E-state index contributed by atoms with van der Waals surface area (Å²) in [7, 11) is 0. The molecule has 1 rings (SSSR count).